The van der Waals surface area contributed by atoms with Crippen LogP contribution in [0.25, 0.3) is 0 Å². The zero-order valence-electron chi connectivity index (χ0n) is 80.3. The zero-order chi connectivity index (χ0) is 94.0. The van der Waals surface area contributed by atoms with Gasteiger partial charge in [-0.05, 0) is 279 Å². The van der Waals surface area contributed by atoms with Crippen molar-refractivity contribution >= 4 is 70.6 Å². The van der Waals surface area contributed by atoms with Gasteiger partial charge in [-0.1, -0.05) is 474 Å². The molecular formula is C131H118S6. The second kappa shape index (κ2) is 43.4. The lowest BCUT2D eigenvalue weighted by Gasteiger charge is -2.21. The van der Waals surface area contributed by atoms with Crippen LogP contribution in [0.1, 0.15) is 238 Å². The Morgan fingerprint density at radius 1 is 0.131 bits per heavy atom. The summed E-state index contributed by atoms with van der Waals surface area (Å²) < 4.78 is 0. The Balaban J connectivity index is 0.000000105. The Hall–Kier alpha value is -11.9. The monoisotopic (exact) mass is 1880 g/mol. The highest BCUT2D eigenvalue weighted by molar-refractivity contribution is 8.00. The van der Waals surface area contributed by atoms with E-state index >= 15 is 0 Å². The van der Waals surface area contributed by atoms with E-state index in [9.17, 15) is 0 Å². The highest BCUT2D eigenvalue weighted by atomic mass is 32.2. The van der Waals surface area contributed by atoms with E-state index in [2.05, 4.69) is 483 Å². The van der Waals surface area contributed by atoms with Crippen LogP contribution in [0.4, 0.5) is 0 Å². The Bertz CT molecular complexity index is 6530. The van der Waals surface area contributed by atoms with E-state index in [1.165, 1.54) is 220 Å². The third-order valence-corrected chi connectivity index (χ3v) is 35.4. The van der Waals surface area contributed by atoms with Crippen molar-refractivity contribution in [3.8, 4) is 0 Å². The number of aryl methyl sites for hydroxylation is 5. The summed E-state index contributed by atoms with van der Waals surface area (Å²) in [5, 5.41) is 0. The van der Waals surface area contributed by atoms with E-state index in [4.69, 9.17) is 0 Å². The fourth-order valence-electron chi connectivity index (χ4n) is 19.7. The minimum Gasteiger partial charge on any atom is -0.0895 e. The molecule has 0 saturated heterocycles. The summed E-state index contributed by atoms with van der Waals surface area (Å²) in [4.78, 5) is 16.9. The van der Waals surface area contributed by atoms with Crippen LogP contribution in [0.15, 0.2) is 465 Å². The molecule has 0 aliphatic carbocycles. The van der Waals surface area contributed by atoms with Gasteiger partial charge in [0.05, 0.1) is 0 Å². The van der Waals surface area contributed by atoms with Gasteiger partial charge in [0.1, 0.15) is 0 Å². The van der Waals surface area contributed by atoms with Crippen LogP contribution in [0.3, 0.4) is 0 Å². The molecule has 678 valence electrons. The quantitative estimate of drug-likeness (QED) is 0.119. The van der Waals surface area contributed by atoms with Gasteiger partial charge in [-0.25, -0.2) is 0 Å². The number of fused-ring (bicyclic) bond motifs is 12. The third kappa shape index (κ3) is 22.6. The van der Waals surface area contributed by atoms with Crippen LogP contribution in [-0.2, 0) is 38.5 Å². The number of rotatable bonds is 12. The van der Waals surface area contributed by atoms with Gasteiger partial charge in [0.25, 0.3) is 0 Å². The summed E-state index contributed by atoms with van der Waals surface area (Å²) in [5.74, 6) is 2.60. The van der Waals surface area contributed by atoms with Crippen LogP contribution < -0.4 is 0 Å². The van der Waals surface area contributed by atoms with Crippen LogP contribution in [-0.4, -0.2) is 0 Å². The molecule has 24 rings (SSSR count). The van der Waals surface area contributed by atoms with E-state index in [1.807, 2.05) is 70.6 Å². The van der Waals surface area contributed by atoms with Gasteiger partial charge in [-0.15, -0.1) is 0 Å². The fraction of sp³-hybridized carbons (Fsp3) is 0.176. The molecule has 6 heterocycles. The SMILES string of the molecule is CC(c1ccccc1)c1ccc2c(c1)Cc1ccccc1S2.Cc1cccc(C(C)c2ccc3c(c2)Cc2ccccc2S3)c1.Cc1cccc(C(C)c2ccc3c(c2)Cc2ccccc2S3)c1.Cc1cccc(C(C)c2ccc3c(c2)Cc2ccccc2S3)c1.Cc1cccc(C(C)c2ccc3c(c2)Cc2ccccc2S3)c1.Cc1cccc(C(C)c2ccc3c(c2)Cc2ccccc2S3)c1. The molecule has 6 unspecified atom stereocenters. The number of benzene rings is 18. The molecule has 6 heteroatoms. The first-order chi connectivity index (χ1) is 66.8. The highest BCUT2D eigenvalue weighted by Crippen LogP contribution is 2.49. The van der Waals surface area contributed by atoms with Gasteiger partial charge in [0, 0.05) is 94.3 Å². The fourth-order valence-corrected chi connectivity index (χ4v) is 26.0. The molecule has 0 spiro atoms. The summed E-state index contributed by atoms with van der Waals surface area (Å²) in [6.07, 6.45) is 6.29. The third-order valence-electron chi connectivity index (χ3n) is 28.0. The normalized spacial score (nSPS) is 14.0. The molecule has 0 nitrogen and oxygen atoms in total. The van der Waals surface area contributed by atoms with Crippen molar-refractivity contribution in [2.45, 2.75) is 209 Å². The van der Waals surface area contributed by atoms with Crippen molar-refractivity contribution in [2.24, 2.45) is 0 Å². The van der Waals surface area contributed by atoms with Crippen molar-refractivity contribution in [3.05, 3.63) is 568 Å². The minimum atomic E-state index is 0.433. The van der Waals surface area contributed by atoms with Crippen molar-refractivity contribution in [1.82, 2.24) is 0 Å². The summed E-state index contributed by atoms with van der Waals surface area (Å²) in [7, 11) is 0. The number of hydrogen-bond acceptors (Lipinski definition) is 6. The van der Waals surface area contributed by atoms with Gasteiger partial charge < -0.3 is 0 Å². The average Bonchev–Trinajstić information content (AvgIpc) is 0.809. The van der Waals surface area contributed by atoms with Crippen LogP contribution in [0.5, 0.6) is 0 Å². The summed E-state index contributed by atoms with van der Waals surface area (Å²) in [5.41, 5.74) is 41.0. The maximum absolute atomic E-state index is 2.41. The lowest BCUT2D eigenvalue weighted by atomic mass is 9.90. The topological polar surface area (TPSA) is 0 Å². The average molecular weight is 1880 g/mol. The highest BCUT2D eigenvalue weighted by Gasteiger charge is 2.26. The van der Waals surface area contributed by atoms with Crippen LogP contribution >= 0.6 is 70.6 Å². The Morgan fingerprint density at radius 3 is 0.460 bits per heavy atom. The van der Waals surface area contributed by atoms with Crippen molar-refractivity contribution in [1.29, 1.82) is 0 Å². The molecule has 6 aliphatic heterocycles. The molecule has 0 saturated carbocycles. The van der Waals surface area contributed by atoms with Gasteiger partial charge in [0.15, 0.2) is 0 Å². The number of hydrogen-bond donors (Lipinski definition) is 0. The zero-order valence-corrected chi connectivity index (χ0v) is 85.2. The molecule has 6 atom stereocenters. The molecule has 0 radical (unpaired) electrons. The summed E-state index contributed by atoms with van der Waals surface area (Å²) in [6.45, 7) is 24.6. The van der Waals surface area contributed by atoms with Crippen LogP contribution in [0, 0.1) is 34.6 Å². The molecule has 137 heavy (non-hydrogen) atoms. The molecular weight excluding hydrogens is 1770 g/mol. The van der Waals surface area contributed by atoms with Gasteiger partial charge in [-0.3, -0.25) is 0 Å². The molecule has 18 aromatic carbocycles. The van der Waals surface area contributed by atoms with Crippen molar-refractivity contribution < 1.29 is 0 Å². The van der Waals surface area contributed by atoms with Crippen molar-refractivity contribution in [3.63, 3.8) is 0 Å². The maximum Gasteiger partial charge on any atom is 0.0158 e. The largest absolute Gasteiger partial charge is 0.0895 e. The van der Waals surface area contributed by atoms with Gasteiger partial charge in [-0.2, -0.15) is 0 Å². The maximum atomic E-state index is 2.41. The lowest BCUT2D eigenvalue weighted by molar-refractivity contribution is 0.907. The summed E-state index contributed by atoms with van der Waals surface area (Å²) in [6, 6.07) is 150. The molecule has 0 N–H and O–H groups in total. The second-order valence-electron chi connectivity index (χ2n) is 37.8. The second-order valence-corrected chi connectivity index (χ2v) is 44.3. The first kappa shape index (κ1) is 94.0. The van der Waals surface area contributed by atoms with Crippen LogP contribution in [0.2, 0.25) is 0 Å². The Kier molecular flexibility index (Phi) is 29.8. The predicted molar refractivity (Wildman–Crippen MR) is 586 cm³/mol. The van der Waals surface area contributed by atoms with E-state index in [1.54, 1.807) is 0 Å². The van der Waals surface area contributed by atoms with Crippen molar-refractivity contribution in [2.75, 3.05) is 0 Å². The first-order valence-corrected chi connectivity index (χ1v) is 53.4. The smallest absolute Gasteiger partial charge is 0.0158 e. The van der Waals surface area contributed by atoms with E-state index in [0.717, 1.165) is 38.5 Å². The first-order valence-electron chi connectivity index (χ1n) is 48.5. The van der Waals surface area contributed by atoms with E-state index in [0.29, 0.717) is 35.5 Å². The lowest BCUT2D eigenvalue weighted by Crippen LogP contribution is -2.03. The molecule has 0 bridgehead atoms. The van der Waals surface area contributed by atoms with Gasteiger partial charge >= 0.3 is 0 Å². The van der Waals surface area contributed by atoms with E-state index < -0.39 is 0 Å². The Morgan fingerprint density at radius 2 is 0.277 bits per heavy atom. The summed E-state index contributed by atoms with van der Waals surface area (Å²) >= 11 is 11.4. The minimum absolute atomic E-state index is 0.433. The van der Waals surface area contributed by atoms with Gasteiger partial charge in [0.2, 0.25) is 0 Å². The molecule has 0 amide bonds. The van der Waals surface area contributed by atoms with E-state index in [-0.39, 0.29) is 0 Å². The molecule has 0 fully saturated rings. The Labute approximate surface area is 840 Å². The predicted octanol–water partition coefficient (Wildman–Crippen LogP) is 36.9. The standard InChI is InChI=1S/5C22H20S.C21H18S/c5*1-15-6-5-8-17(12-15)16(2)18-10-11-22-20(13-18)14-19-7-3-4-9-21(19)23-22;1-15(16-7-3-2-4-8-16)17-11-12-21-19(13-17)14-18-9-5-6-10-20(18)22-21/h5*3-13,16H,14H2,1-2H3;2-13,15H,14H2,1H3. The molecule has 18 aromatic rings. The molecule has 0 aromatic heterocycles. The molecule has 6 aliphatic rings.